The molecule has 1 N–H and O–H groups in total. The van der Waals surface area contributed by atoms with Gasteiger partial charge < -0.3 is 5.32 Å². The highest BCUT2D eigenvalue weighted by atomic mass is 35.5. The topological polar surface area (TPSA) is 112 Å². The minimum atomic E-state index is -0.591. The van der Waals surface area contributed by atoms with Crippen LogP contribution in [-0.4, -0.2) is 29.9 Å². The van der Waals surface area contributed by atoms with E-state index in [1.54, 1.807) is 42.5 Å². The van der Waals surface area contributed by atoms with Crippen molar-refractivity contribution in [1.29, 1.82) is 0 Å². The summed E-state index contributed by atoms with van der Waals surface area (Å²) >= 11 is 12.1. The molecule has 4 rings (SSSR count). The molecule has 134 valence electrons. The number of anilines is 2. The molecule has 0 fully saturated rings. The molecule has 0 atom stereocenters. The molecule has 0 bridgehead atoms. The Hall–Kier alpha value is -3.30. The molecule has 0 amide bonds. The average Bonchev–Trinajstić information content (AvgIpc) is 3.08. The maximum atomic E-state index is 11.8. The Morgan fingerprint density at radius 1 is 1.11 bits per heavy atom. The van der Waals surface area contributed by atoms with Crippen LogP contribution in [0.5, 0.6) is 0 Å². The first-order valence-corrected chi connectivity index (χ1v) is 8.32. The van der Waals surface area contributed by atoms with E-state index in [9.17, 15) is 10.1 Å². The zero-order chi connectivity index (χ0) is 19.0. The van der Waals surface area contributed by atoms with E-state index in [0.717, 1.165) is 0 Å². The maximum Gasteiger partial charge on any atom is 0.356 e. The summed E-state index contributed by atoms with van der Waals surface area (Å²) in [5, 5.41) is 23.4. The predicted octanol–water partition coefficient (Wildman–Crippen LogP) is 4.17. The van der Waals surface area contributed by atoms with Crippen molar-refractivity contribution in [3.63, 3.8) is 0 Å². The van der Waals surface area contributed by atoms with Gasteiger partial charge in [0.1, 0.15) is 11.8 Å². The van der Waals surface area contributed by atoms with E-state index in [1.807, 2.05) is 0 Å². The van der Waals surface area contributed by atoms with Gasteiger partial charge in [0, 0.05) is 5.02 Å². The number of hydrogen-bond donors (Lipinski definition) is 1. The molecule has 0 spiro atoms. The van der Waals surface area contributed by atoms with Gasteiger partial charge in [-0.15, -0.1) is 5.10 Å². The fourth-order valence-corrected chi connectivity index (χ4v) is 2.87. The van der Waals surface area contributed by atoms with Crippen molar-refractivity contribution in [2.45, 2.75) is 0 Å². The summed E-state index contributed by atoms with van der Waals surface area (Å²) in [6.07, 6.45) is 1.19. The molecule has 0 aliphatic rings. The Kier molecular flexibility index (Phi) is 4.30. The molecule has 11 heteroatoms. The Bertz CT molecular complexity index is 1180. The van der Waals surface area contributed by atoms with Crippen molar-refractivity contribution in [2.75, 3.05) is 5.32 Å². The second-order valence-electron chi connectivity index (χ2n) is 5.39. The average molecular weight is 402 g/mol. The largest absolute Gasteiger partial charge is 0.356 e. The van der Waals surface area contributed by atoms with Crippen LogP contribution in [0.15, 0.2) is 48.8 Å². The van der Waals surface area contributed by atoms with Crippen LogP contribution in [0.3, 0.4) is 0 Å². The summed E-state index contributed by atoms with van der Waals surface area (Å²) in [7, 11) is 0. The van der Waals surface area contributed by atoms with E-state index in [1.165, 1.54) is 11.0 Å². The van der Waals surface area contributed by atoms with Crippen LogP contribution in [0.25, 0.3) is 16.9 Å². The lowest BCUT2D eigenvalue weighted by atomic mass is 10.3. The van der Waals surface area contributed by atoms with Gasteiger partial charge in [0.2, 0.25) is 11.6 Å². The van der Waals surface area contributed by atoms with Gasteiger partial charge in [-0.1, -0.05) is 40.5 Å². The molecule has 4 aromatic rings. The highest BCUT2D eigenvalue weighted by Gasteiger charge is 2.26. The molecule has 0 aliphatic carbocycles. The Morgan fingerprint density at radius 3 is 2.74 bits per heavy atom. The smallest absolute Gasteiger partial charge is 0.333 e. The monoisotopic (exact) mass is 401 g/mol. The third-order valence-corrected chi connectivity index (χ3v) is 4.28. The quantitative estimate of drug-likeness (QED) is 0.403. The number of halogens is 2. The van der Waals surface area contributed by atoms with Crippen molar-refractivity contribution < 1.29 is 4.92 Å². The summed E-state index contributed by atoms with van der Waals surface area (Å²) < 4.78 is 1.29. The van der Waals surface area contributed by atoms with Crippen LogP contribution in [0.2, 0.25) is 10.0 Å². The van der Waals surface area contributed by atoms with Crippen molar-refractivity contribution in [3.8, 4) is 5.82 Å². The van der Waals surface area contributed by atoms with Crippen LogP contribution < -0.4 is 5.32 Å². The fraction of sp³-hybridized carbons (Fsp3) is 0. The zero-order valence-corrected chi connectivity index (χ0v) is 14.9. The summed E-state index contributed by atoms with van der Waals surface area (Å²) in [4.78, 5) is 19.2. The SMILES string of the molecule is O=[N+]([O-])c1c(Nc2cc(Cl)ccc2Cl)ncnc1-n1nnc2ccccc21. The number of benzene rings is 2. The second-order valence-corrected chi connectivity index (χ2v) is 6.23. The number of para-hydroxylation sites is 1. The molecule has 0 aliphatic heterocycles. The number of nitrogens with zero attached hydrogens (tertiary/aromatic N) is 6. The first-order chi connectivity index (χ1) is 13.0. The van der Waals surface area contributed by atoms with Gasteiger partial charge in [0.05, 0.1) is 21.2 Å². The van der Waals surface area contributed by atoms with E-state index in [2.05, 4.69) is 25.6 Å². The highest BCUT2D eigenvalue weighted by Crippen LogP contribution is 2.34. The van der Waals surface area contributed by atoms with E-state index in [-0.39, 0.29) is 17.3 Å². The number of fused-ring (bicyclic) bond motifs is 1. The van der Waals surface area contributed by atoms with Crippen LogP contribution in [0.1, 0.15) is 0 Å². The van der Waals surface area contributed by atoms with Crippen LogP contribution >= 0.6 is 23.2 Å². The zero-order valence-electron chi connectivity index (χ0n) is 13.4. The second kappa shape index (κ2) is 6.78. The lowest BCUT2D eigenvalue weighted by Crippen LogP contribution is -2.09. The van der Waals surface area contributed by atoms with Crippen LogP contribution in [-0.2, 0) is 0 Å². The standard InChI is InChI=1S/C16H9Cl2N7O2/c17-9-5-6-10(18)12(7-9)21-15-14(25(26)27)16(20-8-19-15)24-13-4-2-1-3-11(13)22-23-24/h1-8H,(H,19,20,21). The molecule has 2 heterocycles. The fourth-order valence-electron chi connectivity index (χ4n) is 2.53. The van der Waals surface area contributed by atoms with Gasteiger partial charge in [0.25, 0.3) is 0 Å². The molecule has 2 aromatic heterocycles. The summed E-state index contributed by atoms with van der Waals surface area (Å²) in [6.45, 7) is 0. The maximum absolute atomic E-state index is 11.8. The molecular weight excluding hydrogens is 393 g/mol. The van der Waals surface area contributed by atoms with Crippen LogP contribution in [0.4, 0.5) is 17.2 Å². The molecule has 27 heavy (non-hydrogen) atoms. The Labute approximate surface area is 161 Å². The Balaban J connectivity index is 1.88. The number of nitrogens with one attached hydrogen (secondary N) is 1. The predicted molar refractivity (Wildman–Crippen MR) is 101 cm³/mol. The van der Waals surface area contributed by atoms with Crippen molar-refractivity contribution in [2.24, 2.45) is 0 Å². The van der Waals surface area contributed by atoms with E-state index >= 15 is 0 Å². The molecular formula is C16H9Cl2N7O2. The van der Waals surface area contributed by atoms with Gasteiger partial charge in [-0.2, -0.15) is 4.68 Å². The minimum Gasteiger partial charge on any atom is -0.333 e. The van der Waals surface area contributed by atoms with Gasteiger partial charge >= 0.3 is 5.69 Å². The number of hydrogen-bond acceptors (Lipinski definition) is 7. The molecule has 0 unspecified atom stereocenters. The number of nitro groups is 1. The van der Waals surface area contributed by atoms with E-state index in [0.29, 0.717) is 26.8 Å². The lowest BCUT2D eigenvalue weighted by molar-refractivity contribution is -0.384. The summed E-state index contributed by atoms with van der Waals surface area (Å²) in [5.41, 5.74) is 1.16. The third kappa shape index (κ3) is 3.14. The molecule has 9 nitrogen and oxygen atoms in total. The number of rotatable bonds is 4. The van der Waals surface area contributed by atoms with Crippen LogP contribution in [0, 0.1) is 10.1 Å². The normalized spacial score (nSPS) is 10.9. The van der Waals surface area contributed by atoms with Gasteiger partial charge in [-0.3, -0.25) is 10.1 Å². The first kappa shape index (κ1) is 17.1. The van der Waals surface area contributed by atoms with Crippen molar-refractivity contribution in [1.82, 2.24) is 25.0 Å². The van der Waals surface area contributed by atoms with Crippen molar-refractivity contribution in [3.05, 3.63) is 69.0 Å². The molecule has 2 aromatic carbocycles. The third-order valence-electron chi connectivity index (χ3n) is 3.72. The summed E-state index contributed by atoms with van der Waals surface area (Å²) in [6, 6.07) is 11.8. The molecule has 0 radical (unpaired) electrons. The van der Waals surface area contributed by atoms with Gasteiger partial charge in [-0.05, 0) is 30.3 Å². The van der Waals surface area contributed by atoms with E-state index in [4.69, 9.17) is 23.2 Å². The summed E-state index contributed by atoms with van der Waals surface area (Å²) in [5.74, 6) is -0.0712. The van der Waals surface area contributed by atoms with E-state index < -0.39 is 4.92 Å². The van der Waals surface area contributed by atoms with Crippen molar-refractivity contribution >= 4 is 51.4 Å². The minimum absolute atomic E-state index is 0.0237. The first-order valence-electron chi connectivity index (χ1n) is 7.57. The Morgan fingerprint density at radius 2 is 1.93 bits per heavy atom. The molecule has 0 saturated heterocycles. The highest BCUT2D eigenvalue weighted by molar-refractivity contribution is 6.35. The van der Waals surface area contributed by atoms with Gasteiger partial charge in [-0.25, -0.2) is 9.97 Å². The lowest BCUT2D eigenvalue weighted by Gasteiger charge is -2.10. The molecule has 0 saturated carbocycles. The number of aromatic nitrogens is 5. The van der Waals surface area contributed by atoms with Gasteiger partial charge in [0.15, 0.2) is 0 Å².